The lowest BCUT2D eigenvalue weighted by atomic mass is 10.1. The number of hydrogen-bond acceptors (Lipinski definition) is 2. The number of benzene rings is 1. The van der Waals surface area contributed by atoms with Crippen LogP contribution in [-0.4, -0.2) is 12.1 Å². The van der Waals surface area contributed by atoms with Gasteiger partial charge in [0.05, 0.1) is 12.1 Å². The largest absolute Gasteiger partial charge is 0.496 e. The quantitative estimate of drug-likeness (QED) is 0.862. The Morgan fingerprint density at radius 2 is 2.29 bits per heavy atom. The molecule has 0 aliphatic heterocycles. The molecule has 5 heteroatoms. The van der Waals surface area contributed by atoms with Crippen LogP contribution in [0.15, 0.2) is 16.6 Å². The van der Waals surface area contributed by atoms with E-state index in [0.29, 0.717) is 15.8 Å². The molecule has 1 rings (SSSR count). The number of halogens is 2. The van der Waals surface area contributed by atoms with Crippen LogP contribution in [0, 0.1) is 5.82 Å². The van der Waals surface area contributed by atoms with Crippen LogP contribution in [0.25, 0.3) is 0 Å². The first-order valence-electron chi connectivity index (χ1n) is 3.84. The van der Waals surface area contributed by atoms with Crippen LogP contribution in [0.1, 0.15) is 5.56 Å². The molecule has 0 radical (unpaired) electrons. The summed E-state index contributed by atoms with van der Waals surface area (Å²) in [6, 6.07) is 3.03. The average molecular weight is 278 g/mol. The van der Waals surface area contributed by atoms with Gasteiger partial charge in [-0.25, -0.2) is 4.39 Å². The lowest BCUT2D eigenvalue weighted by Gasteiger charge is -2.09. The summed E-state index contributed by atoms with van der Waals surface area (Å²) in [5.41, 5.74) is 5.74. The van der Waals surface area contributed by atoms with Gasteiger partial charge in [0.1, 0.15) is 11.6 Å². The zero-order valence-corrected chi connectivity index (χ0v) is 9.91. The molecular weight excluding hydrogens is 269 g/mol. The Morgan fingerprint density at radius 3 is 2.79 bits per heavy atom. The van der Waals surface area contributed by atoms with Crippen molar-refractivity contribution in [1.29, 1.82) is 0 Å². The second-order valence-corrected chi connectivity index (χ2v) is 4.15. The third-order valence-corrected chi connectivity index (χ3v) is 2.29. The molecule has 0 saturated carbocycles. The molecule has 14 heavy (non-hydrogen) atoms. The zero-order valence-electron chi connectivity index (χ0n) is 7.51. The number of thiocarbonyl (C=S) groups is 1. The molecule has 0 fully saturated rings. The first-order valence-corrected chi connectivity index (χ1v) is 5.05. The highest BCUT2D eigenvalue weighted by molar-refractivity contribution is 9.10. The average Bonchev–Trinajstić information content (AvgIpc) is 2.08. The minimum atomic E-state index is -0.371. The van der Waals surface area contributed by atoms with Crippen molar-refractivity contribution in [3.05, 3.63) is 28.0 Å². The molecule has 0 bridgehead atoms. The van der Waals surface area contributed by atoms with Gasteiger partial charge in [-0.2, -0.15) is 0 Å². The van der Waals surface area contributed by atoms with E-state index < -0.39 is 0 Å². The van der Waals surface area contributed by atoms with Crippen LogP contribution in [0.3, 0.4) is 0 Å². The van der Waals surface area contributed by atoms with E-state index in [1.807, 2.05) is 0 Å². The van der Waals surface area contributed by atoms with E-state index in [1.54, 1.807) is 6.07 Å². The second-order valence-electron chi connectivity index (χ2n) is 2.71. The summed E-state index contributed by atoms with van der Waals surface area (Å²) in [6.07, 6.45) is 0.206. The van der Waals surface area contributed by atoms with Crippen LogP contribution in [0.4, 0.5) is 4.39 Å². The van der Waals surface area contributed by atoms with Gasteiger partial charge >= 0.3 is 0 Å². The Hall–Kier alpha value is -0.680. The van der Waals surface area contributed by atoms with Crippen LogP contribution >= 0.6 is 28.1 Å². The molecule has 1 aromatic carbocycles. The number of methoxy groups -OCH3 is 1. The maximum atomic E-state index is 13.4. The van der Waals surface area contributed by atoms with Gasteiger partial charge in [0.15, 0.2) is 0 Å². The smallest absolute Gasteiger partial charge is 0.131 e. The number of nitrogens with two attached hydrogens (primary N) is 1. The Labute approximate surface area is 95.4 Å². The summed E-state index contributed by atoms with van der Waals surface area (Å²) < 4.78 is 19.1. The maximum Gasteiger partial charge on any atom is 0.131 e. The minimum absolute atomic E-state index is 0.206. The number of rotatable bonds is 3. The summed E-state index contributed by atoms with van der Waals surface area (Å²) >= 11 is 7.89. The molecule has 2 nitrogen and oxygen atoms in total. The zero-order chi connectivity index (χ0) is 10.7. The fourth-order valence-corrected chi connectivity index (χ4v) is 1.66. The molecule has 0 aliphatic rings. The molecule has 0 aromatic heterocycles. The highest BCUT2D eigenvalue weighted by atomic mass is 79.9. The molecule has 0 saturated heterocycles. The summed E-state index contributed by atoms with van der Waals surface area (Å²) in [4.78, 5) is 0.240. The van der Waals surface area contributed by atoms with E-state index in [9.17, 15) is 4.39 Å². The molecule has 0 atom stereocenters. The van der Waals surface area contributed by atoms with E-state index in [0.717, 1.165) is 0 Å². The fourth-order valence-electron chi connectivity index (χ4n) is 1.11. The van der Waals surface area contributed by atoms with Crippen molar-refractivity contribution in [2.45, 2.75) is 6.42 Å². The maximum absolute atomic E-state index is 13.4. The highest BCUT2D eigenvalue weighted by Crippen LogP contribution is 2.27. The van der Waals surface area contributed by atoms with Crippen molar-refractivity contribution < 1.29 is 9.13 Å². The molecule has 0 unspecified atom stereocenters. The van der Waals surface area contributed by atoms with Crippen molar-refractivity contribution in [1.82, 2.24) is 0 Å². The summed E-state index contributed by atoms with van der Waals surface area (Å²) in [6.45, 7) is 0. The molecule has 0 spiro atoms. The molecule has 0 heterocycles. The Morgan fingerprint density at radius 1 is 1.64 bits per heavy atom. The van der Waals surface area contributed by atoms with E-state index >= 15 is 0 Å². The second kappa shape index (κ2) is 4.70. The predicted octanol–water partition coefficient (Wildman–Crippen LogP) is 2.43. The molecule has 0 aliphatic carbocycles. The van der Waals surface area contributed by atoms with Gasteiger partial charge in [0.2, 0.25) is 0 Å². The van der Waals surface area contributed by atoms with Gasteiger partial charge in [-0.15, -0.1) is 0 Å². The van der Waals surface area contributed by atoms with E-state index in [1.165, 1.54) is 13.2 Å². The summed E-state index contributed by atoms with van der Waals surface area (Å²) in [7, 11) is 1.48. The van der Waals surface area contributed by atoms with Crippen LogP contribution in [0.5, 0.6) is 5.75 Å². The summed E-state index contributed by atoms with van der Waals surface area (Å²) in [5, 5.41) is 0. The number of hydrogen-bond donors (Lipinski definition) is 1. The van der Waals surface area contributed by atoms with Crippen molar-refractivity contribution in [3.63, 3.8) is 0 Å². The van der Waals surface area contributed by atoms with E-state index in [2.05, 4.69) is 15.9 Å². The van der Waals surface area contributed by atoms with Crippen LogP contribution in [0.2, 0.25) is 0 Å². The van der Waals surface area contributed by atoms with Crippen molar-refractivity contribution in [2.75, 3.05) is 7.11 Å². The standard InChI is InChI=1S/C9H9BrFNOS/c1-13-8-3-5(10)2-7(11)6(8)4-9(12)14/h2-3H,4H2,1H3,(H2,12,14). The lowest BCUT2D eigenvalue weighted by molar-refractivity contribution is 0.406. The third kappa shape index (κ3) is 2.65. The fraction of sp³-hybridized carbons (Fsp3) is 0.222. The SMILES string of the molecule is COc1cc(Br)cc(F)c1CC(N)=S. The third-order valence-electron chi connectivity index (χ3n) is 1.69. The minimum Gasteiger partial charge on any atom is -0.496 e. The monoisotopic (exact) mass is 277 g/mol. The van der Waals surface area contributed by atoms with Gasteiger partial charge in [0, 0.05) is 16.5 Å². The van der Waals surface area contributed by atoms with Gasteiger partial charge in [-0.3, -0.25) is 0 Å². The highest BCUT2D eigenvalue weighted by Gasteiger charge is 2.11. The van der Waals surface area contributed by atoms with Crippen molar-refractivity contribution >= 4 is 33.1 Å². The Kier molecular flexibility index (Phi) is 3.83. The van der Waals surface area contributed by atoms with E-state index in [4.69, 9.17) is 22.7 Å². The van der Waals surface area contributed by atoms with Crippen LogP contribution in [-0.2, 0) is 6.42 Å². The molecule has 76 valence electrons. The molecule has 2 N–H and O–H groups in total. The molecule has 0 amide bonds. The summed E-state index contributed by atoms with van der Waals surface area (Å²) in [5.74, 6) is 0.0775. The van der Waals surface area contributed by atoms with Crippen LogP contribution < -0.4 is 10.5 Å². The normalized spacial score (nSPS) is 9.93. The van der Waals surface area contributed by atoms with Gasteiger partial charge < -0.3 is 10.5 Å². The van der Waals surface area contributed by atoms with E-state index in [-0.39, 0.29) is 17.2 Å². The Bertz CT molecular complexity index is 370. The lowest BCUT2D eigenvalue weighted by Crippen LogP contribution is -2.13. The van der Waals surface area contributed by atoms with Crippen molar-refractivity contribution in [2.24, 2.45) is 5.73 Å². The first-order chi connectivity index (χ1) is 6.54. The van der Waals surface area contributed by atoms with Crippen molar-refractivity contribution in [3.8, 4) is 5.75 Å². The van der Waals surface area contributed by atoms with Gasteiger partial charge in [0.25, 0.3) is 0 Å². The molecule has 1 aromatic rings. The molecular formula is C9H9BrFNOS. The van der Waals surface area contributed by atoms with Gasteiger partial charge in [-0.1, -0.05) is 28.1 Å². The predicted molar refractivity (Wildman–Crippen MR) is 61.1 cm³/mol. The Balaban J connectivity index is 3.18. The topological polar surface area (TPSA) is 35.2 Å². The number of ether oxygens (including phenoxy) is 1. The van der Waals surface area contributed by atoms with Gasteiger partial charge in [-0.05, 0) is 12.1 Å². The first kappa shape index (κ1) is 11.4.